The van der Waals surface area contributed by atoms with Gasteiger partial charge in [-0.05, 0) is 79.4 Å². The quantitative estimate of drug-likeness (QED) is 0.126. The Labute approximate surface area is 279 Å². The molecule has 0 atom stereocenters. The average Bonchev–Trinajstić information content (AvgIpc) is 3.09. The van der Waals surface area contributed by atoms with Gasteiger partial charge in [-0.2, -0.15) is 0 Å². The maximum absolute atomic E-state index is 12.9. The Balaban J connectivity index is 0.000000218. The standard InChI is InChI=1S/C21H23ClFNO2.C17H16O4/c22-18-7-5-17(6-8-18)21(26)11-14-24(15-12-21)13-1-2-20(25)16-3-9-19(23)10-4-16;1-20-13-10-15(19)17(16(11-13)21-2)14(18)9-8-12-6-4-3-5-7-12/h3-10,26H,1-2,11-15H2;3-11,19H,1-2H3. The van der Waals surface area contributed by atoms with Gasteiger partial charge in [0.15, 0.2) is 11.6 Å². The second kappa shape index (κ2) is 16.9. The molecular weight excluding hydrogens is 621 g/mol. The van der Waals surface area contributed by atoms with Gasteiger partial charge in [-0.15, -0.1) is 0 Å². The minimum Gasteiger partial charge on any atom is -0.507 e. The van der Waals surface area contributed by atoms with Crippen LogP contribution in [0.25, 0.3) is 6.08 Å². The lowest BCUT2D eigenvalue weighted by Crippen LogP contribution is -2.42. The number of rotatable bonds is 11. The van der Waals surface area contributed by atoms with E-state index in [0.717, 1.165) is 37.2 Å². The van der Waals surface area contributed by atoms with Gasteiger partial charge in [-0.3, -0.25) is 9.59 Å². The lowest BCUT2D eigenvalue weighted by Gasteiger charge is -2.38. The Morgan fingerprint density at radius 2 is 1.60 bits per heavy atom. The molecule has 4 aromatic rings. The van der Waals surface area contributed by atoms with Crippen molar-refractivity contribution < 1.29 is 33.7 Å². The van der Waals surface area contributed by atoms with E-state index in [1.54, 1.807) is 12.1 Å². The first-order chi connectivity index (χ1) is 22.6. The Hall–Kier alpha value is -4.50. The van der Waals surface area contributed by atoms with Gasteiger partial charge < -0.3 is 24.6 Å². The predicted octanol–water partition coefficient (Wildman–Crippen LogP) is 7.73. The number of aromatic hydroxyl groups is 1. The summed E-state index contributed by atoms with van der Waals surface area (Å²) >= 11 is 5.92. The Morgan fingerprint density at radius 1 is 0.936 bits per heavy atom. The zero-order chi connectivity index (χ0) is 33.8. The molecule has 9 heteroatoms. The first-order valence-electron chi connectivity index (χ1n) is 15.3. The third kappa shape index (κ3) is 9.99. The molecule has 0 aromatic heterocycles. The third-order valence-electron chi connectivity index (χ3n) is 8.09. The van der Waals surface area contributed by atoms with E-state index >= 15 is 0 Å². The largest absolute Gasteiger partial charge is 0.507 e. The molecule has 0 saturated carbocycles. The molecule has 4 aromatic carbocycles. The smallest absolute Gasteiger partial charge is 0.193 e. The molecule has 0 amide bonds. The second-order valence-electron chi connectivity index (χ2n) is 11.2. The Morgan fingerprint density at radius 3 is 2.21 bits per heavy atom. The van der Waals surface area contributed by atoms with Crippen LogP contribution in [0.2, 0.25) is 5.02 Å². The lowest BCUT2D eigenvalue weighted by molar-refractivity contribution is -0.0260. The minimum atomic E-state index is -0.801. The highest BCUT2D eigenvalue weighted by molar-refractivity contribution is 6.30. The first kappa shape index (κ1) is 35.4. The number of ketones is 2. The number of halogens is 2. The highest BCUT2D eigenvalue weighted by Gasteiger charge is 2.33. The van der Waals surface area contributed by atoms with E-state index in [1.165, 1.54) is 50.6 Å². The number of hydrogen-bond acceptors (Lipinski definition) is 7. The van der Waals surface area contributed by atoms with Crippen LogP contribution in [0.1, 0.15) is 57.5 Å². The summed E-state index contributed by atoms with van der Waals surface area (Å²) < 4.78 is 23.1. The highest BCUT2D eigenvalue weighted by atomic mass is 35.5. The molecule has 246 valence electrons. The van der Waals surface area contributed by atoms with Crippen LogP contribution in [0, 0.1) is 5.82 Å². The van der Waals surface area contributed by atoms with Gasteiger partial charge in [0, 0.05) is 42.2 Å². The lowest BCUT2D eigenvalue weighted by atomic mass is 9.84. The van der Waals surface area contributed by atoms with Crippen LogP contribution in [0.4, 0.5) is 4.39 Å². The number of carbonyl (C=O) groups is 2. The van der Waals surface area contributed by atoms with Crippen molar-refractivity contribution in [3.05, 3.63) is 130 Å². The van der Waals surface area contributed by atoms with E-state index in [2.05, 4.69) is 4.90 Å². The molecule has 0 unspecified atom stereocenters. The number of hydrogen-bond donors (Lipinski definition) is 2. The number of piperidine rings is 1. The van der Waals surface area contributed by atoms with Gasteiger partial charge in [0.2, 0.25) is 0 Å². The van der Waals surface area contributed by atoms with Crippen LogP contribution >= 0.6 is 11.6 Å². The molecule has 7 nitrogen and oxygen atoms in total. The van der Waals surface area contributed by atoms with Crippen molar-refractivity contribution in [3.63, 3.8) is 0 Å². The number of nitrogens with zero attached hydrogens (tertiary/aromatic N) is 1. The zero-order valence-corrected chi connectivity index (χ0v) is 27.3. The number of phenols is 1. The zero-order valence-electron chi connectivity index (χ0n) is 26.5. The molecule has 1 heterocycles. The molecule has 1 aliphatic rings. The van der Waals surface area contributed by atoms with Crippen LogP contribution in [0.15, 0.2) is 97.1 Å². The number of methoxy groups -OCH3 is 2. The summed E-state index contributed by atoms with van der Waals surface area (Å²) in [6, 6.07) is 25.5. The molecule has 47 heavy (non-hydrogen) atoms. The van der Waals surface area contributed by atoms with E-state index in [-0.39, 0.29) is 34.4 Å². The molecule has 0 aliphatic carbocycles. The van der Waals surface area contributed by atoms with Crippen molar-refractivity contribution in [3.8, 4) is 17.2 Å². The van der Waals surface area contributed by atoms with Gasteiger partial charge in [0.1, 0.15) is 28.6 Å². The van der Waals surface area contributed by atoms with Gasteiger partial charge in [0.05, 0.1) is 19.8 Å². The van der Waals surface area contributed by atoms with Crippen molar-refractivity contribution >= 4 is 29.2 Å². The summed E-state index contributed by atoms with van der Waals surface area (Å²) in [7, 11) is 2.91. The topological polar surface area (TPSA) is 96.3 Å². The van der Waals surface area contributed by atoms with Gasteiger partial charge >= 0.3 is 0 Å². The highest BCUT2D eigenvalue weighted by Crippen LogP contribution is 2.35. The molecule has 5 rings (SSSR count). The maximum Gasteiger partial charge on any atom is 0.193 e. The summed E-state index contributed by atoms with van der Waals surface area (Å²) in [6.45, 7) is 2.41. The van der Waals surface area contributed by atoms with Gasteiger partial charge in [-0.25, -0.2) is 4.39 Å². The van der Waals surface area contributed by atoms with E-state index < -0.39 is 5.60 Å². The van der Waals surface area contributed by atoms with Crippen LogP contribution in [-0.4, -0.2) is 60.5 Å². The fourth-order valence-electron chi connectivity index (χ4n) is 5.36. The average molecular weight is 660 g/mol. The molecule has 1 saturated heterocycles. The second-order valence-corrected chi connectivity index (χ2v) is 11.7. The summed E-state index contributed by atoms with van der Waals surface area (Å²) in [5.74, 6) is -0.102. The molecule has 1 fully saturated rings. The Kier molecular flexibility index (Phi) is 12.7. The van der Waals surface area contributed by atoms with Gasteiger partial charge in [-0.1, -0.05) is 60.1 Å². The van der Waals surface area contributed by atoms with Crippen molar-refractivity contribution in [2.24, 2.45) is 0 Å². The van der Waals surface area contributed by atoms with E-state index in [1.807, 2.05) is 54.6 Å². The van der Waals surface area contributed by atoms with Crippen LogP contribution in [-0.2, 0) is 5.60 Å². The molecule has 1 aliphatic heterocycles. The summed E-state index contributed by atoms with van der Waals surface area (Å²) in [5.41, 5.74) is 1.68. The normalized spacial score (nSPS) is 14.2. The number of phenolic OH excluding ortho intramolecular Hbond substituents is 1. The van der Waals surface area contributed by atoms with Crippen molar-refractivity contribution in [2.45, 2.75) is 31.3 Å². The number of allylic oxidation sites excluding steroid dienone is 1. The molecule has 0 spiro atoms. The molecule has 2 N–H and O–H groups in total. The summed E-state index contributed by atoms with van der Waals surface area (Å²) in [5, 5.41) is 21.5. The SMILES string of the molecule is COc1cc(O)c(C(=O)C=Cc2ccccc2)c(OC)c1.O=C(CCCN1CCC(O)(c2ccc(Cl)cc2)CC1)c1ccc(F)cc1. The summed E-state index contributed by atoms with van der Waals surface area (Å²) in [6.07, 6.45) is 5.63. The maximum atomic E-state index is 12.9. The van der Waals surface area contributed by atoms with E-state index in [4.69, 9.17) is 21.1 Å². The van der Waals surface area contributed by atoms with Crippen LogP contribution < -0.4 is 9.47 Å². The van der Waals surface area contributed by atoms with Crippen molar-refractivity contribution in [1.29, 1.82) is 0 Å². The molecular formula is C38H39ClFNO6. The van der Waals surface area contributed by atoms with Crippen molar-refractivity contribution in [1.82, 2.24) is 4.90 Å². The molecule has 0 radical (unpaired) electrons. The number of benzene rings is 4. The molecule has 0 bridgehead atoms. The van der Waals surface area contributed by atoms with Gasteiger partial charge in [0.25, 0.3) is 0 Å². The number of carbonyl (C=O) groups excluding carboxylic acids is 2. The van der Waals surface area contributed by atoms with E-state index in [9.17, 15) is 24.2 Å². The third-order valence-corrected chi connectivity index (χ3v) is 8.34. The van der Waals surface area contributed by atoms with Crippen LogP contribution in [0.3, 0.4) is 0 Å². The fourth-order valence-corrected chi connectivity index (χ4v) is 5.49. The minimum absolute atomic E-state index is 0.0414. The Bertz CT molecular complexity index is 1650. The number of aliphatic hydroxyl groups is 1. The monoisotopic (exact) mass is 659 g/mol. The van der Waals surface area contributed by atoms with Crippen LogP contribution in [0.5, 0.6) is 17.2 Å². The predicted molar refractivity (Wildman–Crippen MR) is 182 cm³/mol. The van der Waals surface area contributed by atoms with Crippen molar-refractivity contribution in [2.75, 3.05) is 33.9 Å². The van der Waals surface area contributed by atoms with E-state index in [0.29, 0.717) is 35.6 Å². The fraction of sp³-hybridized carbons (Fsp3) is 0.263. The first-order valence-corrected chi connectivity index (χ1v) is 15.7. The number of ether oxygens (including phenoxy) is 2. The number of Topliss-reactive ketones (excluding diaryl/α,β-unsaturated/α-hetero) is 1. The number of likely N-dealkylation sites (tertiary alicyclic amines) is 1. The summed E-state index contributed by atoms with van der Waals surface area (Å²) in [4.78, 5) is 26.7.